The molecule has 1 aliphatic heterocycles. The summed E-state index contributed by atoms with van der Waals surface area (Å²) >= 11 is 0. The number of nitrogens with zero attached hydrogens (tertiary/aromatic N) is 1. The Kier molecular flexibility index (Phi) is 6.17. The summed E-state index contributed by atoms with van der Waals surface area (Å²) in [5.74, 6) is -0.329. The molecule has 2 fully saturated rings. The van der Waals surface area contributed by atoms with Crippen molar-refractivity contribution in [2.24, 2.45) is 17.1 Å². The third-order valence-corrected chi connectivity index (χ3v) is 4.91. The highest BCUT2D eigenvalue weighted by atomic mass is 35.5. The second-order valence-electron chi connectivity index (χ2n) is 8.89. The molecule has 0 aromatic carbocycles. The third kappa shape index (κ3) is 4.64. The highest BCUT2D eigenvalue weighted by molar-refractivity contribution is 6.09. The van der Waals surface area contributed by atoms with Crippen molar-refractivity contribution in [3.8, 4) is 0 Å². The van der Waals surface area contributed by atoms with Crippen LogP contribution in [0.15, 0.2) is 0 Å². The first kappa shape index (κ1) is 21.7. The third-order valence-electron chi connectivity index (χ3n) is 4.91. The van der Waals surface area contributed by atoms with E-state index in [2.05, 4.69) is 31.4 Å². The summed E-state index contributed by atoms with van der Waals surface area (Å²) in [6.45, 7) is 9.92. The fourth-order valence-corrected chi connectivity index (χ4v) is 4.26. The Labute approximate surface area is 155 Å². The van der Waals surface area contributed by atoms with Gasteiger partial charge < -0.3 is 16.4 Å². The number of imide groups is 1. The first-order valence-corrected chi connectivity index (χ1v) is 8.55. The van der Waals surface area contributed by atoms with E-state index in [1.807, 2.05) is 0 Å². The van der Waals surface area contributed by atoms with E-state index in [-0.39, 0.29) is 42.7 Å². The molecule has 2 unspecified atom stereocenters. The fourth-order valence-electron chi connectivity index (χ4n) is 4.26. The molecule has 144 valence electrons. The Morgan fingerprint density at radius 3 is 2.48 bits per heavy atom. The van der Waals surface area contributed by atoms with Gasteiger partial charge in [-0.1, -0.05) is 20.8 Å². The highest BCUT2D eigenvalue weighted by Gasteiger charge is 2.56. The van der Waals surface area contributed by atoms with Gasteiger partial charge in [0.2, 0.25) is 5.91 Å². The lowest BCUT2D eigenvalue weighted by atomic mass is 9.64. The van der Waals surface area contributed by atoms with Crippen LogP contribution >= 0.6 is 12.4 Å². The number of carbonyl (C=O) groups excluding carboxylic acids is 3. The van der Waals surface area contributed by atoms with Crippen molar-refractivity contribution < 1.29 is 14.4 Å². The molecule has 1 heterocycles. The molecule has 0 aromatic rings. The molecular weight excluding hydrogens is 344 g/mol. The van der Waals surface area contributed by atoms with Crippen LogP contribution in [0, 0.1) is 11.3 Å². The second kappa shape index (κ2) is 7.11. The maximum atomic E-state index is 12.9. The lowest BCUT2D eigenvalue weighted by Gasteiger charge is -2.43. The van der Waals surface area contributed by atoms with Crippen LogP contribution in [0.1, 0.15) is 53.9 Å². The van der Waals surface area contributed by atoms with Crippen molar-refractivity contribution in [3.05, 3.63) is 0 Å². The van der Waals surface area contributed by atoms with Gasteiger partial charge >= 0.3 is 6.03 Å². The number of halogens is 1. The predicted molar refractivity (Wildman–Crippen MR) is 98.3 cm³/mol. The van der Waals surface area contributed by atoms with Crippen LogP contribution in [0.2, 0.25) is 0 Å². The van der Waals surface area contributed by atoms with E-state index in [0.717, 1.165) is 11.3 Å². The number of nitrogens with one attached hydrogen (secondary N) is 2. The Balaban J connectivity index is 0.00000312. The van der Waals surface area contributed by atoms with Gasteiger partial charge in [0.15, 0.2) is 0 Å². The van der Waals surface area contributed by atoms with Gasteiger partial charge in [0.05, 0.1) is 0 Å². The number of hydrogen-bond donors (Lipinski definition) is 3. The summed E-state index contributed by atoms with van der Waals surface area (Å²) < 4.78 is 0. The molecule has 2 rings (SSSR count). The van der Waals surface area contributed by atoms with E-state index >= 15 is 0 Å². The average molecular weight is 375 g/mol. The summed E-state index contributed by atoms with van der Waals surface area (Å²) in [6.07, 6.45) is 2.23. The second-order valence-corrected chi connectivity index (χ2v) is 8.89. The van der Waals surface area contributed by atoms with E-state index in [9.17, 15) is 14.4 Å². The Morgan fingerprint density at radius 1 is 1.36 bits per heavy atom. The largest absolute Gasteiger partial charge is 0.348 e. The van der Waals surface area contributed by atoms with Gasteiger partial charge in [-0.25, -0.2) is 4.79 Å². The molecule has 25 heavy (non-hydrogen) atoms. The Morgan fingerprint density at radius 2 is 1.96 bits per heavy atom. The van der Waals surface area contributed by atoms with Crippen LogP contribution in [0.5, 0.6) is 0 Å². The SMILES string of the molecule is CC1CC(C)(C)CC2(C1)NC(=O)N(CC(=O)NC(C)(C)CN)C2=O.Cl. The lowest BCUT2D eigenvalue weighted by molar-refractivity contribution is -0.138. The summed E-state index contributed by atoms with van der Waals surface area (Å²) in [5, 5.41) is 5.62. The van der Waals surface area contributed by atoms with Crippen LogP contribution in [-0.2, 0) is 9.59 Å². The van der Waals surface area contributed by atoms with Crippen molar-refractivity contribution >= 4 is 30.3 Å². The van der Waals surface area contributed by atoms with Crippen molar-refractivity contribution in [1.82, 2.24) is 15.5 Å². The molecule has 4 amide bonds. The molecule has 0 radical (unpaired) electrons. The highest BCUT2D eigenvalue weighted by Crippen LogP contribution is 2.46. The molecule has 1 spiro atoms. The minimum absolute atomic E-state index is 0. The number of carbonyl (C=O) groups is 3. The van der Waals surface area contributed by atoms with Crippen LogP contribution in [0.25, 0.3) is 0 Å². The van der Waals surface area contributed by atoms with E-state index in [1.54, 1.807) is 13.8 Å². The minimum Gasteiger partial charge on any atom is -0.348 e. The van der Waals surface area contributed by atoms with Crippen LogP contribution in [0.4, 0.5) is 4.79 Å². The maximum Gasteiger partial charge on any atom is 0.325 e. The van der Waals surface area contributed by atoms with Gasteiger partial charge in [-0.15, -0.1) is 12.4 Å². The smallest absolute Gasteiger partial charge is 0.325 e. The van der Waals surface area contributed by atoms with Gasteiger partial charge in [0, 0.05) is 12.1 Å². The quantitative estimate of drug-likeness (QED) is 0.647. The number of nitrogens with two attached hydrogens (primary N) is 1. The van der Waals surface area contributed by atoms with E-state index in [0.29, 0.717) is 18.8 Å². The minimum atomic E-state index is -0.873. The molecule has 7 nitrogen and oxygen atoms in total. The predicted octanol–water partition coefficient (Wildman–Crippen LogP) is 1.40. The van der Waals surface area contributed by atoms with Crippen molar-refractivity contribution in [2.75, 3.05) is 13.1 Å². The summed E-state index contributed by atoms with van der Waals surface area (Å²) in [5.41, 5.74) is 4.13. The molecule has 0 bridgehead atoms. The molecule has 8 heteroatoms. The van der Waals surface area contributed by atoms with Gasteiger partial charge in [0.1, 0.15) is 12.1 Å². The van der Waals surface area contributed by atoms with Gasteiger partial charge in [-0.3, -0.25) is 14.5 Å². The first-order valence-electron chi connectivity index (χ1n) is 8.55. The normalized spacial score (nSPS) is 28.6. The number of amides is 4. The van der Waals surface area contributed by atoms with Gasteiger partial charge in [-0.05, 0) is 44.4 Å². The standard InChI is InChI=1S/C17H30N4O3.ClH/c1-11-6-15(2,3)9-17(7-11)13(23)21(14(24)20-17)8-12(22)19-16(4,5)10-18;/h11H,6-10,18H2,1-5H3,(H,19,22)(H,20,24);1H. The van der Waals surface area contributed by atoms with Crippen molar-refractivity contribution in [2.45, 2.75) is 65.0 Å². The van der Waals surface area contributed by atoms with Gasteiger partial charge in [0.25, 0.3) is 5.91 Å². The molecule has 1 saturated carbocycles. The number of hydrogen-bond acceptors (Lipinski definition) is 4. The van der Waals surface area contributed by atoms with E-state index in [1.165, 1.54) is 0 Å². The molecule has 4 N–H and O–H groups in total. The molecule has 1 saturated heterocycles. The zero-order valence-electron chi connectivity index (χ0n) is 15.8. The average Bonchev–Trinajstić information content (AvgIpc) is 2.59. The zero-order chi connectivity index (χ0) is 18.3. The molecule has 0 aromatic heterocycles. The molecule has 1 aliphatic carbocycles. The van der Waals surface area contributed by atoms with Crippen LogP contribution in [-0.4, -0.2) is 46.9 Å². The lowest BCUT2D eigenvalue weighted by Crippen LogP contribution is -2.55. The molecular formula is C17H31ClN4O3. The van der Waals surface area contributed by atoms with E-state index in [4.69, 9.17) is 5.73 Å². The summed E-state index contributed by atoms with van der Waals surface area (Å²) in [4.78, 5) is 38.5. The van der Waals surface area contributed by atoms with Crippen LogP contribution in [0.3, 0.4) is 0 Å². The molecule has 2 atom stereocenters. The van der Waals surface area contributed by atoms with Crippen molar-refractivity contribution in [3.63, 3.8) is 0 Å². The first-order chi connectivity index (χ1) is 10.9. The Hall–Kier alpha value is -1.34. The zero-order valence-corrected chi connectivity index (χ0v) is 16.6. The topological polar surface area (TPSA) is 105 Å². The summed E-state index contributed by atoms with van der Waals surface area (Å²) in [6, 6.07) is -0.481. The molecule has 2 aliphatic rings. The van der Waals surface area contributed by atoms with Crippen molar-refractivity contribution in [1.29, 1.82) is 0 Å². The number of urea groups is 1. The van der Waals surface area contributed by atoms with Gasteiger partial charge in [-0.2, -0.15) is 0 Å². The summed E-state index contributed by atoms with van der Waals surface area (Å²) in [7, 11) is 0. The maximum absolute atomic E-state index is 12.9. The van der Waals surface area contributed by atoms with E-state index < -0.39 is 17.1 Å². The number of rotatable bonds is 4. The monoisotopic (exact) mass is 374 g/mol. The fraction of sp³-hybridized carbons (Fsp3) is 0.824. The Bertz CT molecular complexity index is 564. The van der Waals surface area contributed by atoms with Crippen LogP contribution < -0.4 is 16.4 Å².